The minimum Gasteiger partial charge on any atom is -0.490 e. The number of ether oxygens (including phenoxy) is 1. The molecule has 0 unspecified atom stereocenters. The molecule has 5 heteroatoms. The molecule has 0 radical (unpaired) electrons. The number of hydrogen-bond acceptors (Lipinski definition) is 3. The number of rotatable bonds is 3. The average Bonchev–Trinajstić information content (AvgIpc) is 2.09. The summed E-state index contributed by atoms with van der Waals surface area (Å²) in [6.45, 7) is 0.696. The molecule has 14 heavy (non-hydrogen) atoms. The van der Waals surface area contributed by atoms with E-state index in [1.807, 2.05) is 0 Å². The van der Waals surface area contributed by atoms with E-state index in [0.717, 1.165) is 0 Å². The fourth-order valence-electron chi connectivity index (χ4n) is 1.30. The zero-order chi connectivity index (χ0) is 9.97. The zero-order valence-corrected chi connectivity index (χ0v) is 9.05. The van der Waals surface area contributed by atoms with Gasteiger partial charge in [0, 0.05) is 0 Å². The summed E-state index contributed by atoms with van der Waals surface area (Å²) in [5, 5.41) is 7.82. The Hall–Kier alpha value is -0.540. The summed E-state index contributed by atoms with van der Waals surface area (Å²) in [5.74, 6) is 1.19. The molecule has 1 fully saturated rings. The maximum Gasteiger partial charge on any atom is 0.174 e. The first kappa shape index (κ1) is 9.99. The van der Waals surface area contributed by atoms with Crippen LogP contribution in [0.15, 0.2) is 6.20 Å². The maximum absolute atomic E-state index is 5.88. The number of nitrogens with zero attached hydrogens (tertiary/aromatic N) is 2. The van der Waals surface area contributed by atoms with Crippen molar-refractivity contribution in [2.75, 3.05) is 6.61 Å². The summed E-state index contributed by atoms with van der Waals surface area (Å²) >= 11 is 11.6. The van der Waals surface area contributed by atoms with E-state index in [4.69, 9.17) is 27.9 Å². The van der Waals surface area contributed by atoms with Crippen LogP contribution in [0.4, 0.5) is 0 Å². The summed E-state index contributed by atoms with van der Waals surface area (Å²) in [7, 11) is 0. The first-order valence-electron chi connectivity index (χ1n) is 4.57. The van der Waals surface area contributed by atoms with Crippen molar-refractivity contribution in [3.05, 3.63) is 16.4 Å². The van der Waals surface area contributed by atoms with Crippen LogP contribution in [0.1, 0.15) is 19.3 Å². The molecule has 0 aliphatic heterocycles. The van der Waals surface area contributed by atoms with E-state index < -0.39 is 0 Å². The maximum atomic E-state index is 5.88. The third kappa shape index (κ3) is 2.10. The van der Waals surface area contributed by atoms with Crippen LogP contribution >= 0.6 is 23.2 Å². The summed E-state index contributed by atoms with van der Waals surface area (Å²) in [6.07, 6.45) is 5.28. The average molecular weight is 233 g/mol. The van der Waals surface area contributed by atoms with Gasteiger partial charge < -0.3 is 4.74 Å². The summed E-state index contributed by atoms with van der Waals surface area (Å²) in [6, 6.07) is 0. The number of aromatic nitrogens is 2. The quantitative estimate of drug-likeness (QED) is 0.804. The predicted octanol–water partition coefficient (Wildman–Crippen LogP) is 2.96. The van der Waals surface area contributed by atoms with Crippen LogP contribution in [-0.2, 0) is 0 Å². The monoisotopic (exact) mass is 232 g/mol. The van der Waals surface area contributed by atoms with Gasteiger partial charge in [-0.15, -0.1) is 5.10 Å². The Morgan fingerprint density at radius 3 is 2.86 bits per heavy atom. The molecule has 1 aliphatic rings. The first-order valence-corrected chi connectivity index (χ1v) is 5.32. The van der Waals surface area contributed by atoms with Gasteiger partial charge in [0.25, 0.3) is 0 Å². The molecule has 0 bridgehead atoms. The lowest BCUT2D eigenvalue weighted by atomic mass is 9.86. The van der Waals surface area contributed by atoms with Crippen molar-refractivity contribution in [1.29, 1.82) is 0 Å². The van der Waals surface area contributed by atoms with Gasteiger partial charge in [-0.3, -0.25) is 0 Å². The second-order valence-corrected chi connectivity index (χ2v) is 4.16. The van der Waals surface area contributed by atoms with Crippen molar-refractivity contribution in [2.45, 2.75) is 19.3 Å². The smallest absolute Gasteiger partial charge is 0.174 e. The highest BCUT2D eigenvalue weighted by atomic mass is 35.5. The summed E-state index contributed by atoms with van der Waals surface area (Å²) < 4.78 is 5.50. The van der Waals surface area contributed by atoms with Crippen molar-refractivity contribution >= 4 is 23.2 Å². The highest BCUT2D eigenvalue weighted by Crippen LogP contribution is 2.31. The van der Waals surface area contributed by atoms with E-state index in [9.17, 15) is 0 Å². The van der Waals surface area contributed by atoms with Crippen LogP contribution in [0.5, 0.6) is 5.75 Å². The molecule has 1 heterocycles. The van der Waals surface area contributed by atoms with Crippen molar-refractivity contribution in [3.63, 3.8) is 0 Å². The Bertz CT molecular complexity index is 329. The molecular formula is C9H10Cl2N2O. The second kappa shape index (κ2) is 4.32. The fraction of sp³-hybridized carbons (Fsp3) is 0.556. The second-order valence-electron chi connectivity index (χ2n) is 3.42. The van der Waals surface area contributed by atoms with Gasteiger partial charge in [0.15, 0.2) is 10.9 Å². The fourth-order valence-corrected chi connectivity index (χ4v) is 1.58. The van der Waals surface area contributed by atoms with E-state index in [1.165, 1.54) is 25.5 Å². The first-order chi connectivity index (χ1) is 6.77. The lowest BCUT2D eigenvalue weighted by Gasteiger charge is -2.25. The predicted molar refractivity (Wildman–Crippen MR) is 54.9 cm³/mol. The third-order valence-corrected chi connectivity index (χ3v) is 3.14. The molecule has 0 spiro atoms. The van der Waals surface area contributed by atoms with Crippen molar-refractivity contribution < 1.29 is 4.74 Å². The Kier molecular flexibility index (Phi) is 3.08. The van der Waals surface area contributed by atoms with E-state index >= 15 is 0 Å². The van der Waals surface area contributed by atoms with Gasteiger partial charge in [0.1, 0.15) is 5.02 Å². The van der Waals surface area contributed by atoms with Crippen LogP contribution in [0, 0.1) is 5.92 Å². The third-order valence-electron chi connectivity index (χ3n) is 2.42. The molecule has 1 aliphatic carbocycles. The highest BCUT2D eigenvalue weighted by molar-refractivity contribution is 6.42. The summed E-state index contributed by atoms with van der Waals surface area (Å²) in [5.41, 5.74) is 0. The SMILES string of the molecule is Clc1nncc(OCC2CCC2)c1Cl. The number of halogens is 2. The molecule has 3 nitrogen and oxygen atoms in total. The molecule has 1 aromatic heterocycles. The van der Waals surface area contributed by atoms with Crippen LogP contribution in [-0.4, -0.2) is 16.8 Å². The Balaban J connectivity index is 1.97. The Morgan fingerprint density at radius 2 is 2.21 bits per heavy atom. The Morgan fingerprint density at radius 1 is 1.43 bits per heavy atom. The summed E-state index contributed by atoms with van der Waals surface area (Å²) in [4.78, 5) is 0. The minimum atomic E-state index is 0.192. The normalized spacial score (nSPS) is 16.4. The highest BCUT2D eigenvalue weighted by Gasteiger charge is 2.19. The molecule has 1 aromatic rings. The van der Waals surface area contributed by atoms with Crippen LogP contribution in [0.3, 0.4) is 0 Å². The van der Waals surface area contributed by atoms with Gasteiger partial charge in [-0.1, -0.05) is 29.6 Å². The van der Waals surface area contributed by atoms with Gasteiger partial charge in [0.05, 0.1) is 12.8 Å². The van der Waals surface area contributed by atoms with Crippen LogP contribution in [0.2, 0.25) is 10.2 Å². The van der Waals surface area contributed by atoms with Crippen molar-refractivity contribution in [1.82, 2.24) is 10.2 Å². The van der Waals surface area contributed by atoms with Gasteiger partial charge in [-0.2, -0.15) is 5.10 Å². The van der Waals surface area contributed by atoms with Gasteiger partial charge in [-0.05, 0) is 18.8 Å². The van der Waals surface area contributed by atoms with Crippen LogP contribution < -0.4 is 4.74 Å². The minimum absolute atomic E-state index is 0.192. The number of hydrogen-bond donors (Lipinski definition) is 0. The zero-order valence-electron chi connectivity index (χ0n) is 7.54. The van der Waals surface area contributed by atoms with E-state index in [0.29, 0.717) is 23.3 Å². The molecule has 76 valence electrons. The lowest BCUT2D eigenvalue weighted by molar-refractivity contribution is 0.180. The molecular weight excluding hydrogens is 223 g/mol. The molecule has 0 aromatic carbocycles. The Labute approximate surface area is 92.4 Å². The standard InChI is InChI=1S/C9H10Cl2N2O/c10-8-7(4-12-13-9(8)11)14-5-6-2-1-3-6/h4,6H,1-3,5H2. The lowest BCUT2D eigenvalue weighted by Crippen LogP contribution is -2.19. The van der Waals surface area contributed by atoms with Gasteiger partial charge in [0.2, 0.25) is 0 Å². The van der Waals surface area contributed by atoms with Gasteiger partial charge in [-0.25, -0.2) is 0 Å². The van der Waals surface area contributed by atoms with E-state index in [-0.39, 0.29) is 5.15 Å². The topological polar surface area (TPSA) is 35.0 Å². The molecule has 0 amide bonds. The molecule has 0 saturated heterocycles. The van der Waals surface area contributed by atoms with E-state index in [1.54, 1.807) is 0 Å². The van der Waals surface area contributed by atoms with Gasteiger partial charge >= 0.3 is 0 Å². The van der Waals surface area contributed by atoms with E-state index in [2.05, 4.69) is 10.2 Å². The van der Waals surface area contributed by atoms with Crippen molar-refractivity contribution in [3.8, 4) is 5.75 Å². The largest absolute Gasteiger partial charge is 0.490 e. The molecule has 1 saturated carbocycles. The van der Waals surface area contributed by atoms with Crippen LogP contribution in [0.25, 0.3) is 0 Å². The molecule has 0 N–H and O–H groups in total. The van der Waals surface area contributed by atoms with Crippen molar-refractivity contribution in [2.24, 2.45) is 5.92 Å². The molecule has 0 atom stereocenters. The molecule has 2 rings (SSSR count).